The van der Waals surface area contributed by atoms with Gasteiger partial charge in [-0.25, -0.2) is 0 Å². The van der Waals surface area contributed by atoms with Crippen molar-refractivity contribution in [2.75, 3.05) is 13.2 Å². The SMILES string of the molecule is Cc1ccc([C@H]2/C(=C(\O)c3ccccc3)C(=O)C(=O)N2C[C@H]2CCCO2)cc1. The summed E-state index contributed by atoms with van der Waals surface area (Å²) in [7, 11) is 0. The molecule has 2 aromatic carbocycles. The molecule has 2 aromatic rings. The van der Waals surface area contributed by atoms with Crippen molar-refractivity contribution in [1.82, 2.24) is 4.90 Å². The van der Waals surface area contributed by atoms with Gasteiger partial charge in [-0.15, -0.1) is 0 Å². The number of hydrogen-bond donors (Lipinski definition) is 1. The van der Waals surface area contributed by atoms with Gasteiger partial charge in [-0.05, 0) is 25.3 Å². The van der Waals surface area contributed by atoms with Crippen LogP contribution in [-0.4, -0.2) is 41.0 Å². The smallest absolute Gasteiger partial charge is 0.295 e. The van der Waals surface area contributed by atoms with Gasteiger partial charge in [0.2, 0.25) is 0 Å². The van der Waals surface area contributed by atoms with Crippen LogP contribution in [-0.2, 0) is 14.3 Å². The molecule has 2 aliphatic heterocycles. The molecule has 5 nitrogen and oxygen atoms in total. The van der Waals surface area contributed by atoms with Gasteiger partial charge in [0.15, 0.2) is 0 Å². The van der Waals surface area contributed by atoms with Gasteiger partial charge in [0.1, 0.15) is 5.76 Å². The molecule has 5 heteroatoms. The summed E-state index contributed by atoms with van der Waals surface area (Å²) in [4.78, 5) is 27.3. The molecule has 4 rings (SSSR count). The number of aliphatic hydroxyl groups is 1. The molecule has 2 aliphatic rings. The van der Waals surface area contributed by atoms with Crippen LogP contribution in [0.4, 0.5) is 0 Å². The summed E-state index contributed by atoms with van der Waals surface area (Å²) in [6, 6.07) is 16.0. The summed E-state index contributed by atoms with van der Waals surface area (Å²) in [5, 5.41) is 10.9. The normalized spacial score (nSPS) is 24.1. The summed E-state index contributed by atoms with van der Waals surface area (Å²) >= 11 is 0. The quantitative estimate of drug-likeness (QED) is 0.502. The molecule has 2 heterocycles. The Bertz CT molecular complexity index is 911. The number of Topliss-reactive ketones (excluding diaryl/α,β-unsaturated/α-hetero) is 1. The van der Waals surface area contributed by atoms with Crippen LogP contribution in [0.1, 0.15) is 35.6 Å². The Morgan fingerprint density at radius 1 is 1.11 bits per heavy atom. The minimum atomic E-state index is -0.648. The summed E-state index contributed by atoms with van der Waals surface area (Å²) in [6.07, 6.45) is 1.73. The highest BCUT2D eigenvalue weighted by Gasteiger charge is 2.46. The number of hydrogen-bond acceptors (Lipinski definition) is 4. The van der Waals surface area contributed by atoms with Crippen molar-refractivity contribution in [3.8, 4) is 0 Å². The number of benzene rings is 2. The molecular weight excluding hydrogens is 354 g/mol. The molecule has 0 bridgehead atoms. The molecule has 0 spiro atoms. The number of nitrogens with zero attached hydrogens (tertiary/aromatic N) is 1. The Kier molecular flexibility index (Phi) is 5.01. The first-order chi connectivity index (χ1) is 13.6. The maximum atomic E-state index is 12.9. The van der Waals surface area contributed by atoms with Crippen LogP contribution in [0.2, 0.25) is 0 Å². The van der Waals surface area contributed by atoms with Crippen molar-refractivity contribution in [1.29, 1.82) is 0 Å². The summed E-state index contributed by atoms with van der Waals surface area (Å²) in [5.41, 5.74) is 2.55. The van der Waals surface area contributed by atoms with Crippen LogP contribution in [0.5, 0.6) is 0 Å². The van der Waals surface area contributed by atoms with Crippen LogP contribution in [0.15, 0.2) is 60.2 Å². The van der Waals surface area contributed by atoms with Gasteiger partial charge in [-0.2, -0.15) is 0 Å². The molecule has 2 atom stereocenters. The highest BCUT2D eigenvalue weighted by atomic mass is 16.5. The molecule has 2 saturated heterocycles. The van der Waals surface area contributed by atoms with Gasteiger partial charge in [-0.1, -0.05) is 60.2 Å². The van der Waals surface area contributed by atoms with Crippen molar-refractivity contribution < 1.29 is 19.4 Å². The second-order valence-electron chi connectivity index (χ2n) is 7.36. The lowest BCUT2D eigenvalue weighted by atomic mass is 9.94. The lowest BCUT2D eigenvalue weighted by Crippen LogP contribution is -2.36. The number of aliphatic hydroxyl groups excluding tert-OH is 1. The third-order valence-corrected chi connectivity index (χ3v) is 5.40. The van der Waals surface area contributed by atoms with Crippen molar-refractivity contribution in [3.05, 3.63) is 76.9 Å². The van der Waals surface area contributed by atoms with E-state index in [1.807, 2.05) is 37.3 Å². The van der Waals surface area contributed by atoms with Gasteiger partial charge >= 0.3 is 0 Å². The molecule has 0 radical (unpaired) electrons. The number of ether oxygens (including phenoxy) is 1. The van der Waals surface area contributed by atoms with E-state index in [0.717, 1.165) is 24.0 Å². The molecule has 1 amide bonds. The number of carbonyl (C=O) groups excluding carboxylic acids is 2. The Balaban J connectivity index is 1.81. The predicted octanol–water partition coefficient (Wildman–Crippen LogP) is 3.60. The topological polar surface area (TPSA) is 66.8 Å². The fraction of sp³-hybridized carbons (Fsp3) is 0.304. The number of rotatable bonds is 4. The minimum absolute atomic E-state index is 0.0806. The molecule has 2 fully saturated rings. The van der Waals surface area contributed by atoms with E-state index in [-0.39, 0.29) is 17.4 Å². The second-order valence-corrected chi connectivity index (χ2v) is 7.36. The number of amides is 1. The molecule has 0 aromatic heterocycles. The van der Waals surface area contributed by atoms with Crippen LogP contribution in [0.25, 0.3) is 5.76 Å². The van der Waals surface area contributed by atoms with Gasteiger partial charge in [0, 0.05) is 18.7 Å². The highest BCUT2D eigenvalue weighted by molar-refractivity contribution is 6.46. The average molecular weight is 377 g/mol. The van der Waals surface area contributed by atoms with E-state index in [1.54, 1.807) is 29.2 Å². The van der Waals surface area contributed by atoms with Crippen LogP contribution >= 0.6 is 0 Å². The lowest BCUT2D eigenvalue weighted by molar-refractivity contribution is -0.140. The molecule has 144 valence electrons. The first-order valence-corrected chi connectivity index (χ1v) is 9.58. The lowest BCUT2D eigenvalue weighted by Gasteiger charge is -2.27. The van der Waals surface area contributed by atoms with Crippen molar-refractivity contribution >= 4 is 17.4 Å². The molecule has 1 N–H and O–H groups in total. The van der Waals surface area contributed by atoms with Crippen molar-refractivity contribution in [2.24, 2.45) is 0 Å². The molecule has 0 aliphatic carbocycles. The van der Waals surface area contributed by atoms with Crippen LogP contribution in [0.3, 0.4) is 0 Å². The number of ketones is 1. The van der Waals surface area contributed by atoms with Crippen molar-refractivity contribution in [2.45, 2.75) is 31.9 Å². The Morgan fingerprint density at radius 3 is 2.46 bits per heavy atom. The largest absolute Gasteiger partial charge is 0.507 e. The monoisotopic (exact) mass is 377 g/mol. The fourth-order valence-corrected chi connectivity index (χ4v) is 3.92. The predicted molar refractivity (Wildman–Crippen MR) is 106 cm³/mol. The zero-order valence-electron chi connectivity index (χ0n) is 15.8. The van der Waals surface area contributed by atoms with Crippen LogP contribution in [0, 0.1) is 6.92 Å². The Morgan fingerprint density at radius 2 is 1.82 bits per heavy atom. The van der Waals surface area contributed by atoms with Crippen molar-refractivity contribution in [3.63, 3.8) is 0 Å². The van der Waals surface area contributed by atoms with Gasteiger partial charge in [0.25, 0.3) is 11.7 Å². The average Bonchev–Trinajstić information content (AvgIpc) is 3.31. The standard InChI is InChI=1S/C23H23NO4/c1-15-9-11-16(12-10-15)20-19(21(25)17-6-3-2-4-7-17)22(26)23(27)24(20)14-18-8-5-13-28-18/h2-4,6-7,9-12,18,20,25H,5,8,13-14H2,1H3/b21-19+/t18-,20+/m1/s1. The van der Waals surface area contributed by atoms with E-state index in [2.05, 4.69) is 0 Å². The Hall–Kier alpha value is -2.92. The van der Waals surface area contributed by atoms with E-state index in [4.69, 9.17) is 4.74 Å². The fourth-order valence-electron chi connectivity index (χ4n) is 3.92. The van der Waals surface area contributed by atoms with Gasteiger partial charge in [-0.3, -0.25) is 9.59 Å². The van der Waals surface area contributed by atoms with Gasteiger partial charge in [0.05, 0.1) is 17.7 Å². The summed E-state index contributed by atoms with van der Waals surface area (Å²) < 4.78 is 5.70. The number of aryl methyl sites for hydroxylation is 1. The zero-order chi connectivity index (χ0) is 19.7. The minimum Gasteiger partial charge on any atom is -0.507 e. The van der Waals surface area contributed by atoms with E-state index in [9.17, 15) is 14.7 Å². The molecule has 0 saturated carbocycles. The van der Waals surface area contributed by atoms with Gasteiger partial charge < -0.3 is 14.7 Å². The second kappa shape index (κ2) is 7.60. The molecular formula is C23H23NO4. The van der Waals surface area contributed by atoms with Crippen LogP contribution < -0.4 is 0 Å². The molecule has 0 unspecified atom stereocenters. The third kappa shape index (κ3) is 3.34. The zero-order valence-corrected chi connectivity index (χ0v) is 15.8. The summed E-state index contributed by atoms with van der Waals surface area (Å²) in [6.45, 7) is 3.00. The summed E-state index contributed by atoms with van der Waals surface area (Å²) in [5.74, 6) is -1.37. The first-order valence-electron chi connectivity index (χ1n) is 9.58. The maximum Gasteiger partial charge on any atom is 0.295 e. The van der Waals surface area contributed by atoms with E-state index in [1.165, 1.54) is 0 Å². The Labute approximate surface area is 164 Å². The highest BCUT2D eigenvalue weighted by Crippen LogP contribution is 2.40. The number of likely N-dealkylation sites (tertiary alicyclic amines) is 1. The maximum absolute atomic E-state index is 12.9. The van der Waals surface area contributed by atoms with E-state index >= 15 is 0 Å². The first kappa shape index (κ1) is 18.4. The molecule has 28 heavy (non-hydrogen) atoms. The number of carbonyl (C=O) groups is 2. The van der Waals surface area contributed by atoms with E-state index in [0.29, 0.717) is 18.7 Å². The third-order valence-electron chi connectivity index (χ3n) is 5.40. The van der Waals surface area contributed by atoms with E-state index < -0.39 is 17.7 Å².